The molecule has 26 heavy (non-hydrogen) atoms. The van der Waals surface area contributed by atoms with Crippen molar-refractivity contribution in [1.82, 2.24) is 0 Å². The van der Waals surface area contributed by atoms with Gasteiger partial charge in [0.05, 0.1) is 0 Å². The van der Waals surface area contributed by atoms with Gasteiger partial charge in [-0.3, -0.25) is 9.98 Å². The Morgan fingerprint density at radius 1 is 0.692 bits per heavy atom. The van der Waals surface area contributed by atoms with Crippen LogP contribution in [-0.4, -0.2) is 35.7 Å². The van der Waals surface area contributed by atoms with Crippen molar-refractivity contribution < 1.29 is 10.2 Å². The molecule has 0 atom stereocenters. The third kappa shape index (κ3) is 5.87. The molecular formula is C22H30N2O2. The average Bonchev–Trinajstić information content (AvgIpc) is 2.62. The Balaban J connectivity index is 2.16. The molecule has 0 radical (unpaired) electrons. The van der Waals surface area contributed by atoms with Gasteiger partial charge in [-0.2, -0.15) is 0 Å². The summed E-state index contributed by atoms with van der Waals surface area (Å²) in [5.74, 6) is 0.404. The molecule has 2 aromatic carbocycles. The lowest BCUT2D eigenvalue weighted by atomic mass is 10.0. The number of aliphatic imine (C=N–C) groups is 2. The molecule has 0 bridgehead atoms. The molecule has 0 aliphatic rings. The fourth-order valence-corrected chi connectivity index (χ4v) is 2.80. The van der Waals surface area contributed by atoms with E-state index < -0.39 is 0 Å². The van der Waals surface area contributed by atoms with Crippen molar-refractivity contribution in [1.29, 1.82) is 0 Å². The number of fused-ring (bicyclic) bond motifs is 1. The maximum absolute atomic E-state index is 10.3. The van der Waals surface area contributed by atoms with Gasteiger partial charge in [0.25, 0.3) is 0 Å². The Kier molecular flexibility index (Phi) is 8.13. The van der Waals surface area contributed by atoms with Gasteiger partial charge in [0.2, 0.25) is 0 Å². The number of aromatic hydroxyl groups is 2. The smallest absolute Gasteiger partial charge is 0.124 e. The summed E-state index contributed by atoms with van der Waals surface area (Å²) in [5, 5.41) is 22.3. The van der Waals surface area contributed by atoms with E-state index in [1.54, 1.807) is 24.6 Å². The van der Waals surface area contributed by atoms with Crippen molar-refractivity contribution in [3.8, 4) is 11.5 Å². The predicted octanol–water partition coefficient (Wildman–Crippen LogP) is 5.47. The fraction of sp³-hybridized carbons (Fsp3) is 0.455. The van der Waals surface area contributed by atoms with Crippen LogP contribution in [0.1, 0.15) is 63.5 Å². The molecule has 0 fully saturated rings. The minimum atomic E-state index is 0.202. The first kappa shape index (κ1) is 20.0. The monoisotopic (exact) mass is 354 g/mol. The first-order valence-electron chi connectivity index (χ1n) is 9.65. The van der Waals surface area contributed by atoms with Crippen LogP contribution in [0.4, 0.5) is 0 Å². The van der Waals surface area contributed by atoms with Crippen LogP contribution in [0.5, 0.6) is 11.5 Å². The lowest BCUT2D eigenvalue weighted by molar-refractivity contribution is 0.473. The summed E-state index contributed by atoms with van der Waals surface area (Å²) < 4.78 is 0. The molecule has 0 unspecified atom stereocenters. The number of hydrogen-bond donors (Lipinski definition) is 2. The van der Waals surface area contributed by atoms with Crippen molar-refractivity contribution >= 4 is 23.2 Å². The molecule has 4 nitrogen and oxygen atoms in total. The van der Waals surface area contributed by atoms with Gasteiger partial charge in [-0.25, -0.2) is 0 Å². The number of rotatable bonds is 10. The van der Waals surface area contributed by atoms with Crippen molar-refractivity contribution in [3.05, 3.63) is 35.4 Å². The van der Waals surface area contributed by atoms with Gasteiger partial charge < -0.3 is 10.2 Å². The topological polar surface area (TPSA) is 65.2 Å². The van der Waals surface area contributed by atoms with E-state index >= 15 is 0 Å². The molecule has 0 saturated heterocycles. The van der Waals surface area contributed by atoms with E-state index in [-0.39, 0.29) is 11.5 Å². The Hall–Kier alpha value is -2.36. The van der Waals surface area contributed by atoms with E-state index in [4.69, 9.17) is 0 Å². The normalized spacial score (nSPS) is 11.9. The molecule has 0 spiro atoms. The highest BCUT2D eigenvalue weighted by Gasteiger charge is 2.06. The second-order valence-corrected chi connectivity index (χ2v) is 6.65. The molecule has 2 aromatic rings. The van der Waals surface area contributed by atoms with Gasteiger partial charge in [-0.1, -0.05) is 39.5 Å². The molecule has 2 N–H and O–H groups in total. The van der Waals surface area contributed by atoms with E-state index in [0.717, 1.165) is 49.5 Å². The molecule has 0 amide bonds. The summed E-state index contributed by atoms with van der Waals surface area (Å²) in [6.45, 7) is 5.86. The second kappa shape index (κ2) is 10.6. The van der Waals surface area contributed by atoms with Gasteiger partial charge in [0, 0.05) is 36.6 Å². The summed E-state index contributed by atoms with van der Waals surface area (Å²) in [6.07, 6.45) is 10.2. The maximum atomic E-state index is 10.3. The summed E-state index contributed by atoms with van der Waals surface area (Å²) >= 11 is 0. The zero-order chi connectivity index (χ0) is 18.8. The van der Waals surface area contributed by atoms with Crippen LogP contribution >= 0.6 is 0 Å². The second-order valence-electron chi connectivity index (χ2n) is 6.65. The van der Waals surface area contributed by atoms with E-state index in [0.29, 0.717) is 11.1 Å². The van der Waals surface area contributed by atoms with Crippen LogP contribution in [0.25, 0.3) is 10.8 Å². The lowest BCUT2D eigenvalue weighted by Gasteiger charge is -2.06. The van der Waals surface area contributed by atoms with Gasteiger partial charge in [-0.05, 0) is 47.9 Å². The first-order valence-corrected chi connectivity index (χ1v) is 9.65. The molecule has 140 valence electrons. The molecule has 4 heteroatoms. The van der Waals surface area contributed by atoms with Crippen LogP contribution in [0, 0.1) is 0 Å². The average molecular weight is 354 g/mol. The van der Waals surface area contributed by atoms with E-state index in [1.807, 2.05) is 12.1 Å². The highest BCUT2D eigenvalue weighted by atomic mass is 16.3. The predicted molar refractivity (Wildman–Crippen MR) is 111 cm³/mol. The van der Waals surface area contributed by atoms with Gasteiger partial charge >= 0.3 is 0 Å². The first-order chi connectivity index (χ1) is 12.7. The molecule has 0 aromatic heterocycles. The number of hydrogen-bond acceptors (Lipinski definition) is 4. The Bertz CT molecular complexity index is 701. The minimum absolute atomic E-state index is 0.202. The highest BCUT2D eigenvalue weighted by molar-refractivity contribution is 5.98. The van der Waals surface area contributed by atoms with Gasteiger partial charge in [0.15, 0.2) is 0 Å². The lowest BCUT2D eigenvalue weighted by Crippen LogP contribution is -1.90. The standard InChI is InChI=1S/C22H30N2O2/c1-3-5-7-9-23-15-19-11-17-14-22(26)20(12-18(17)13-21(19)25)16-24-10-8-6-4-2/h11-16,25-26H,3-10H2,1-2H3. The molecule has 0 aliphatic heterocycles. The Morgan fingerprint density at radius 2 is 1.12 bits per heavy atom. The third-order valence-corrected chi connectivity index (χ3v) is 4.37. The summed E-state index contributed by atoms with van der Waals surface area (Å²) in [5.41, 5.74) is 1.35. The van der Waals surface area contributed by atoms with Crippen molar-refractivity contribution in [3.63, 3.8) is 0 Å². The van der Waals surface area contributed by atoms with Crippen LogP contribution < -0.4 is 0 Å². The number of phenols is 2. The van der Waals surface area contributed by atoms with Gasteiger partial charge in [0.1, 0.15) is 11.5 Å². The Morgan fingerprint density at radius 3 is 1.50 bits per heavy atom. The van der Waals surface area contributed by atoms with Crippen LogP contribution in [0.2, 0.25) is 0 Å². The number of unbranched alkanes of at least 4 members (excludes halogenated alkanes) is 4. The maximum Gasteiger partial charge on any atom is 0.124 e. The third-order valence-electron chi connectivity index (χ3n) is 4.37. The fourth-order valence-electron chi connectivity index (χ4n) is 2.80. The molecule has 0 saturated carbocycles. The molecule has 2 rings (SSSR count). The van der Waals surface area contributed by atoms with E-state index in [2.05, 4.69) is 23.8 Å². The quantitative estimate of drug-likeness (QED) is 0.439. The Labute approximate surface area is 156 Å². The zero-order valence-corrected chi connectivity index (χ0v) is 15.9. The number of phenolic OH excluding ortho intramolecular Hbond substituents is 2. The largest absolute Gasteiger partial charge is 0.507 e. The molecule has 0 heterocycles. The van der Waals surface area contributed by atoms with E-state index in [9.17, 15) is 10.2 Å². The van der Waals surface area contributed by atoms with E-state index in [1.165, 1.54) is 12.8 Å². The van der Waals surface area contributed by atoms with Crippen molar-refractivity contribution in [2.75, 3.05) is 13.1 Å². The van der Waals surface area contributed by atoms with Gasteiger partial charge in [-0.15, -0.1) is 0 Å². The summed E-state index contributed by atoms with van der Waals surface area (Å²) in [6, 6.07) is 7.15. The zero-order valence-electron chi connectivity index (χ0n) is 15.9. The highest BCUT2D eigenvalue weighted by Crippen LogP contribution is 2.29. The van der Waals surface area contributed by atoms with Crippen molar-refractivity contribution in [2.24, 2.45) is 9.98 Å². The van der Waals surface area contributed by atoms with Crippen LogP contribution in [-0.2, 0) is 0 Å². The summed E-state index contributed by atoms with van der Waals surface area (Å²) in [4.78, 5) is 8.77. The van der Waals surface area contributed by atoms with Crippen LogP contribution in [0.15, 0.2) is 34.3 Å². The molecular weight excluding hydrogens is 324 g/mol. The van der Waals surface area contributed by atoms with Crippen molar-refractivity contribution in [2.45, 2.75) is 52.4 Å². The number of nitrogens with zero attached hydrogens (tertiary/aromatic N) is 2. The minimum Gasteiger partial charge on any atom is -0.507 e. The summed E-state index contributed by atoms with van der Waals surface area (Å²) in [7, 11) is 0. The van der Waals surface area contributed by atoms with Crippen LogP contribution in [0.3, 0.4) is 0 Å². The number of benzene rings is 2. The SMILES string of the molecule is CCCCCN=Cc1cc2cc(O)c(C=NCCCCC)cc2cc1O. The molecule has 0 aliphatic carbocycles.